The molecule has 2 heterocycles. The van der Waals surface area contributed by atoms with Gasteiger partial charge in [-0.05, 0) is 39.0 Å². The largest absolute Gasteiger partial charge is 0.449 e. The summed E-state index contributed by atoms with van der Waals surface area (Å²) in [5.41, 5.74) is -0.551. The molecule has 146 valence electrons. The number of fused-ring (bicyclic) bond motifs is 1. The van der Waals surface area contributed by atoms with Crippen LogP contribution in [0.4, 0.5) is 10.2 Å². The van der Waals surface area contributed by atoms with Gasteiger partial charge < -0.3 is 14.5 Å². The maximum atomic E-state index is 13.2. The molecule has 0 aliphatic carbocycles. The number of ether oxygens (including phenoxy) is 1. The van der Waals surface area contributed by atoms with Crippen LogP contribution >= 0.6 is 0 Å². The van der Waals surface area contributed by atoms with E-state index in [1.807, 2.05) is 13.8 Å². The minimum absolute atomic E-state index is 0.00397. The van der Waals surface area contributed by atoms with E-state index in [2.05, 4.69) is 10.4 Å². The van der Waals surface area contributed by atoms with Crippen LogP contribution in [0.5, 0.6) is 0 Å². The van der Waals surface area contributed by atoms with Crippen molar-refractivity contribution in [2.24, 2.45) is 0 Å². The third-order valence-electron chi connectivity index (χ3n) is 3.95. The van der Waals surface area contributed by atoms with Crippen LogP contribution in [0.2, 0.25) is 0 Å². The summed E-state index contributed by atoms with van der Waals surface area (Å²) in [5, 5.41) is 6.73. The Morgan fingerprint density at radius 1 is 1.21 bits per heavy atom. The first-order valence-electron chi connectivity index (χ1n) is 8.55. The summed E-state index contributed by atoms with van der Waals surface area (Å²) >= 11 is 0. The molecular weight excluding hydrogens is 369 g/mol. The van der Waals surface area contributed by atoms with Gasteiger partial charge in [-0.15, -0.1) is 0 Å². The number of amides is 1. The SMILES string of the molecule is CC(OC(=O)c1cc(=O)c2cc(F)ccc2o1)C(=O)Nc1ccnn1C(C)C. The summed E-state index contributed by atoms with van der Waals surface area (Å²) in [4.78, 5) is 36.6. The van der Waals surface area contributed by atoms with Gasteiger partial charge in [-0.3, -0.25) is 9.59 Å². The van der Waals surface area contributed by atoms with Crippen LogP contribution in [0, 0.1) is 5.82 Å². The first kappa shape index (κ1) is 19.3. The zero-order valence-electron chi connectivity index (χ0n) is 15.4. The number of rotatable bonds is 5. The van der Waals surface area contributed by atoms with Crippen molar-refractivity contribution in [3.8, 4) is 0 Å². The number of esters is 1. The molecule has 0 bridgehead atoms. The predicted molar refractivity (Wildman–Crippen MR) is 98.6 cm³/mol. The number of aromatic nitrogens is 2. The Morgan fingerprint density at radius 3 is 2.68 bits per heavy atom. The molecule has 0 spiro atoms. The average Bonchev–Trinajstić information content (AvgIpc) is 3.10. The number of halogens is 1. The summed E-state index contributed by atoms with van der Waals surface area (Å²) in [7, 11) is 0. The number of anilines is 1. The fourth-order valence-electron chi connectivity index (χ4n) is 2.55. The fourth-order valence-corrected chi connectivity index (χ4v) is 2.55. The van der Waals surface area contributed by atoms with Crippen LogP contribution in [0.25, 0.3) is 11.0 Å². The lowest BCUT2D eigenvalue weighted by Gasteiger charge is -2.15. The van der Waals surface area contributed by atoms with Crippen molar-refractivity contribution in [2.75, 3.05) is 5.32 Å². The summed E-state index contributed by atoms with van der Waals surface area (Å²) in [5.74, 6) is -2.07. The van der Waals surface area contributed by atoms with Crippen molar-refractivity contribution in [1.29, 1.82) is 0 Å². The molecule has 8 nitrogen and oxygen atoms in total. The predicted octanol–water partition coefficient (Wildman–Crippen LogP) is 2.89. The van der Waals surface area contributed by atoms with Gasteiger partial charge in [-0.1, -0.05) is 0 Å². The second-order valence-electron chi connectivity index (χ2n) is 6.41. The van der Waals surface area contributed by atoms with Crippen LogP contribution in [0.15, 0.2) is 45.7 Å². The van der Waals surface area contributed by atoms with Crippen molar-refractivity contribution < 1.29 is 23.1 Å². The Labute approximate surface area is 158 Å². The number of nitrogens with zero attached hydrogens (tertiary/aromatic N) is 2. The maximum Gasteiger partial charge on any atom is 0.375 e. The normalized spacial score (nSPS) is 12.2. The summed E-state index contributed by atoms with van der Waals surface area (Å²) in [6, 6.07) is 5.92. The monoisotopic (exact) mass is 387 g/mol. The topological polar surface area (TPSA) is 103 Å². The van der Waals surface area contributed by atoms with E-state index in [-0.39, 0.29) is 22.8 Å². The van der Waals surface area contributed by atoms with Crippen molar-refractivity contribution in [3.05, 3.63) is 58.3 Å². The first-order valence-corrected chi connectivity index (χ1v) is 8.55. The maximum absolute atomic E-state index is 13.2. The smallest absolute Gasteiger partial charge is 0.375 e. The second kappa shape index (κ2) is 7.63. The summed E-state index contributed by atoms with van der Waals surface area (Å²) in [6.45, 7) is 5.19. The number of carbonyl (C=O) groups excluding carboxylic acids is 2. The number of hydrogen-bond donors (Lipinski definition) is 1. The third kappa shape index (κ3) is 3.93. The molecule has 0 saturated heterocycles. The van der Waals surface area contributed by atoms with Gasteiger partial charge in [0.2, 0.25) is 5.76 Å². The van der Waals surface area contributed by atoms with E-state index in [1.54, 1.807) is 16.9 Å². The standard InChI is InChI=1S/C19H18FN3O5/c1-10(2)23-17(6-7-21-23)22-18(25)11(3)27-19(26)16-9-14(24)13-8-12(20)4-5-15(13)28-16/h4-11H,1-3H3,(H,22,25). The zero-order chi connectivity index (χ0) is 20.4. The van der Waals surface area contributed by atoms with E-state index >= 15 is 0 Å². The zero-order valence-corrected chi connectivity index (χ0v) is 15.4. The highest BCUT2D eigenvalue weighted by atomic mass is 19.1. The summed E-state index contributed by atoms with van der Waals surface area (Å²) in [6.07, 6.45) is 0.385. The second-order valence-corrected chi connectivity index (χ2v) is 6.41. The van der Waals surface area contributed by atoms with Gasteiger partial charge in [-0.25, -0.2) is 13.9 Å². The molecule has 0 fully saturated rings. The number of benzene rings is 1. The number of hydrogen-bond acceptors (Lipinski definition) is 6. The lowest BCUT2D eigenvalue weighted by molar-refractivity contribution is -0.123. The molecule has 1 amide bonds. The minimum Gasteiger partial charge on any atom is -0.449 e. The molecule has 3 rings (SSSR count). The molecule has 1 aromatic carbocycles. The van der Waals surface area contributed by atoms with Crippen molar-refractivity contribution >= 4 is 28.7 Å². The van der Waals surface area contributed by atoms with Crippen LogP contribution in [0.3, 0.4) is 0 Å². The Kier molecular flexibility index (Phi) is 5.25. The van der Waals surface area contributed by atoms with Gasteiger partial charge in [0, 0.05) is 18.2 Å². The van der Waals surface area contributed by atoms with Gasteiger partial charge in [0.15, 0.2) is 11.5 Å². The molecule has 1 unspecified atom stereocenters. The van der Waals surface area contributed by atoms with E-state index in [4.69, 9.17) is 9.15 Å². The van der Waals surface area contributed by atoms with Crippen molar-refractivity contribution in [3.63, 3.8) is 0 Å². The molecule has 2 aromatic heterocycles. The fraction of sp³-hybridized carbons (Fsp3) is 0.263. The van der Waals surface area contributed by atoms with Crippen LogP contribution < -0.4 is 10.7 Å². The molecule has 3 aromatic rings. The van der Waals surface area contributed by atoms with E-state index in [1.165, 1.54) is 13.0 Å². The minimum atomic E-state index is -1.16. The van der Waals surface area contributed by atoms with Crippen LogP contribution in [-0.2, 0) is 9.53 Å². The quantitative estimate of drug-likeness (QED) is 0.675. The van der Waals surface area contributed by atoms with E-state index < -0.39 is 29.2 Å². The van der Waals surface area contributed by atoms with Gasteiger partial charge in [-0.2, -0.15) is 5.10 Å². The Balaban J connectivity index is 1.74. The van der Waals surface area contributed by atoms with Crippen LogP contribution in [0.1, 0.15) is 37.4 Å². The molecule has 0 aliphatic heterocycles. The molecule has 28 heavy (non-hydrogen) atoms. The summed E-state index contributed by atoms with van der Waals surface area (Å²) < 4.78 is 25.2. The molecule has 0 aliphatic rings. The highest BCUT2D eigenvalue weighted by Gasteiger charge is 2.23. The van der Waals surface area contributed by atoms with Gasteiger partial charge in [0.25, 0.3) is 5.91 Å². The number of carbonyl (C=O) groups is 2. The Hall–Kier alpha value is -3.49. The number of nitrogens with one attached hydrogen (secondary N) is 1. The van der Waals surface area contributed by atoms with E-state index in [9.17, 15) is 18.8 Å². The third-order valence-corrected chi connectivity index (χ3v) is 3.95. The Bertz CT molecular complexity index is 1100. The highest BCUT2D eigenvalue weighted by Crippen LogP contribution is 2.16. The Morgan fingerprint density at radius 2 is 1.96 bits per heavy atom. The lowest BCUT2D eigenvalue weighted by atomic mass is 10.2. The van der Waals surface area contributed by atoms with E-state index in [0.717, 1.165) is 18.2 Å². The average molecular weight is 387 g/mol. The van der Waals surface area contributed by atoms with Crippen molar-refractivity contribution in [2.45, 2.75) is 32.9 Å². The van der Waals surface area contributed by atoms with Gasteiger partial charge in [0.1, 0.15) is 17.2 Å². The molecule has 1 N–H and O–H groups in total. The lowest BCUT2D eigenvalue weighted by Crippen LogP contribution is -2.31. The highest BCUT2D eigenvalue weighted by molar-refractivity contribution is 5.96. The molecule has 9 heteroatoms. The van der Waals surface area contributed by atoms with E-state index in [0.29, 0.717) is 5.82 Å². The first-order chi connectivity index (χ1) is 13.3. The van der Waals surface area contributed by atoms with Gasteiger partial charge >= 0.3 is 5.97 Å². The molecule has 0 saturated carbocycles. The molecule has 1 atom stereocenters. The van der Waals surface area contributed by atoms with Gasteiger partial charge in [0.05, 0.1) is 11.6 Å². The van der Waals surface area contributed by atoms with Crippen LogP contribution in [-0.4, -0.2) is 27.8 Å². The van der Waals surface area contributed by atoms with Crippen molar-refractivity contribution in [1.82, 2.24) is 9.78 Å². The molecular formula is C19H18FN3O5. The molecule has 0 radical (unpaired) electrons.